The van der Waals surface area contributed by atoms with Gasteiger partial charge in [-0.3, -0.25) is 0 Å². The third-order valence-electron chi connectivity index (χ3n) is 12.4. The molecule has 2 aliphatic carbocycles. The van der Waals surface area contributed by atoms with E-state index in [-0.39, 0.29) is 19.3 Å². The molecule has 0 radical (unpaired) electrons. The summed E-state index contributed by atoms with van der Waals surface area (Å²) in [6.07, 6.45) is -28.7. The summed E-state index contributed by atoms with van der Waals surface area (Å²) in [6, 6.07) is 0. The van der Waals surface area contributed by atoms with Gasteiger partial charge in [-0.2, -0.15) is 0 Å². The van der Waals surface area contributed by atoms with E-state index in [4.69, 9.17) is 42.6 Å². The Labute approximate surface area is 323 Å². The Kier molecular flexibility index (Phi) is 15.0. The van der Waals surface area contributed by atoms with Crippen molar-refractivity contribution in [1.82, 2.24) is 0 Å². The topological polar surface area (TPSA) is 326 Å². The Balaban J connectivity index is 1.24. The average Bonchev–Trinajstić information content (AvgIpc) is 3.18. The number of methoxy groups -OCH3 is 2. The largest absolute Gasteiger partial charge is 0.394 e. The highest BCUT2D eigenvalue weighted by molar-refractivity contribution is 5.02. The van der Waals surface area contributed by atoms with Crippen molar-refractivity contribution < 1.29 is 104 Å². The van der Waals surface area contributed by atoms with E-state index >= 15 is 0 Å². The van der Waals surface area contributed by atoms with Crippen LogP contribution in [0.5, 0.6) is 0 Å². The number of aliphatic hydroxyl groups excluding tert-OH is 12. The fourth-order valence-corrected chi connectivity index (χ4v) is 9.06. The minimum Gasteiger partial charge on any atom is -0.394 e. The van der Waals surface area contributed by atoms with Gasteiger partial charge in [0.25, 0.3) is 0 Å². The first-order chi connectivity index (χ1) is 26.6. The van der Waals surface area contributed by atoms with Crippen LogP contribution in [0.15, 0.2) is 0 Å². The molecule has 2 saturated carbocycles. The van der Waals surface area contributed by atoms with Gasteiger partial charge in [-0.05, 0) is 38.5 Å². The van der Waals surface area contributed by atoms with E-state index in [1.54, 1.807) is 0 Å². The summed E-state index contributed by atoms with van der Waals surface area (Å²) in [6.45, 7) is 0.263. The second-order valence-electron chi connectivity index (χ2n) is 16.0. The van der Waals surface area contributed by atoms with Gasteiger partial charge in [-0.1, -0.05) is 0 Å². The van der Waals surface area contributed by atoms with Crippen molar-refractivity contribution in [1.29, 1.82) is 0 Å². The van der Waals surface area contributed by atoms with Crippen molar-refractivity contribution >= 4 is 0 Å². The van der Waals surface area contributed by atoms with Crippen molar-refractivity contribution in [3.8, 4) is 0 Å². The summed E-state index contributed by atoms with van der Waals surface area (Å²) in [5.41, 5.74) is 0. The van der Waals surface area contributed by atoms with Crippen molar-refractivity contribution in [2.24, 2.45) is 11.8 Å². The Morgan fingerprint density at radius 1 is 0.500 bits per heavy atom. The first-order valence-corrected chi connectivity index (χ1v) is 19.3. The highest BCUT2D eigenvalue weighted by Gasteiger charge is 2.55. The van der Waals surface area contributed by atoms with Gasteiger partial charge < -0.3 is 104 Å². The van der Waals surface area contributed by atoms with E-state index in [0.29, 0.717) is 12.8 Å². The van der Waals surface area contributed by atoms with E-state index in [1.165, 1.54) is 21.1 Å². The molecule has 56 heavy (non-hydrogen) atoms. The van der Waals surface area contributed by atoms with E-state index in [0.717, 1.165) is 0 Å². The Bertz CT molecular complexity index is 1220. The smallest absolute Gasteiger partial charge is 0.187 e. The molecule has 4 heterocycles. The third kappa shape index (κ3) is 9.09. The maximum absolute atomic E-state index is 11.2. The average molecular weight is 817 g/mol. The standard InChI is InChI=1S/C35H60O21/c1-11-22(38)26(42)29(45)33(51-11)50-10-21-25(41)28(44)31(47)35(56-21)54-19-8-14-15(52-32(19)12-4-17(48-2)23(39)18(5-12)49-3)6-13(37)7-16(14)53-34-30(46)27(43)24(40)20(9-36)55-34/h11-47H,4-10H2,1-3H3/t11-,12?,13?,14?,15?,16?,17?,18?,19?,20+,21+,22-,23?,24+,25+,26+,27-,28-,29+,30+,31+,32?,33+,34+,35+/m0/s1. The van der Waals surface area contributed by atoms with Crippen molar-refractivity contribution in [2.45, 2.75) is 180 Å². The highest BCUT2D eigenvalue weighted by atomic mass is 16.7. The summed E-state index contributed by atoms with van der Waals surface area (Å²) in [4.78, 5) is 0. The lowest BCUT2D eigenvalue weighted by atomic mass is 9.72. The summed E-state index contributed by atoms with van der Waals surface area (Å²) in [5.74, 6) is -0.978. The van der Waals surface area contributed by atoms with Gasteiger partial charge in [0.1, 0.15) is 73.2 Å². The van der Waals surface area contributed by atoms with Crippen LogP contribution in [0, 0.1) is 11.8 Å². The van der Waals surface area contributed by atoms with Gasteiger partial charge in [-0.15, -0.1) is 0 Å². The van der Waals surface area contributed by atoms with Crippen LogP contribution in [0.3, 0.4) is 0 Å². The number of fused-ring (bicyclic) bond motifs is 1. The lowest BCUT2D eigenvalue weighted by molar-refractivity contribution is -0.352. The Morgan fingerprint density at radius 3 is 1.62 bits per heavy atom. The normalized spacial score (nSPS) is 54.4. The molecule has 0 aromatic rings. The molecule has 4 saturated heterocycles. The van der Waals surface area contributed by atoms with Crippen LogP contribution in [0.4, 0.5) is 0 Å². The molecule has 12 N–H and O–H groups in total. The van der Waals surface area contributed by atoms with Crippen LogP contribution < -0.4 is 0 Å². The first kappa shape index (κ1) is 44.7. The zero-order chi connectivity index (χ0) is 40.7. The van der Waals surface area contributed by atoms with Crippen molar-refractivity contribution in [3.63, 3.8) is 0 Å². The minimum absolute atomic E-state index is 0.0381. The predicted molar refractivity (Wildman–Crippen MR) is 181 cm³/mol. The van der Waals surface area contributed by atoms with Crippen LogP contribution in [0.1, 0.15) is 39.0 Å². The lowest BCUT2D eigenvalue weighted by Gasteiger charge is -2.53. The zero-order valence-corrected chi connectivity index (χ0v) is 31.4. The van der Waals surface area contributed by atoms with Gasteiger partial charge in [0, 0.05) is 26.6 Å². The van der Waals surface area contributed by atoms with Crippen LogP contribution >= 0.6 is 0 Å². The van der Waals surface area contributed by atoms with Crippen LogP contribution in [0.2, 0.25) is 0 Å². The van der Waals surface area contributed by atoms with Gasteiger partial charge in [-0.25, -0.2) is 0 Å². The van der Waals surface area contributed by atoms with Gasteiger partial charge in [0.2, 0.25) is 0 Å². The van der Waals surface area contributed by atoms with Crippen LogP contribution in [-0.2, 0) is 42.6 Å². The molecular weight excluding hydrogens is 756 g/mol. The van der Waals surface area contributed by atoms with E-state index in [2.05, 4.69) is 0 Å². The lowest BCUT2D eigenvalue weighted by Crippen LogP contribution is -2.64. The molecule has 21 heteroatoms. The summed E-state index contributed by atoms with van der Waals surface area (Å²) >= 11 is 0. The van der Waals surface area contributed by atoms with E-state index in [9.17, 15) is 61.3 Å². The van der Waals surface area contributed by atoms with E-state index in [1.807, 2.05) is 0 Å². The second kappa shape index (κ2) is 18.8. The zero-order valence-electron chi connectivity index (χ0n) is 31.4. The molecule has 0 amide bonds. The molecule has 6 rings (SSSR count). The SMILES string of the molecule is COC1CC(C2OC3CC(O)CC(O[C@@H]4O[C@H](CO)[C@@H](O)[C@H](O)[C@H]4O)C3CC2O[C@@H]2O[C@H](CO[C@@H]3O[C@@H](C)[C@H](O)[C@@H](O)[C@H]3O)[C@@H](O)[C@H](O)[C@H]2O)CC(OC)C1O. The fourth-order valence-electron chi connectivity index (χ4n) is 9.06. The molecule has 21 nitrogen and oxygen atoms in total. The summed E-state index contributed by atoms with van der Waals surface area (Å²) in [7, 11) is 2.91. The van der Waals surface area contributed by atoms with Crippen LogP contribution in [-0.4, -0.2) is 230 Å². The van der Waals surface area contributed by atoms with Crippen molar-refractivity contribution in [2.75, 3.05) is 27.4 Å². The quantitative estimate of drug-likeness (QED) is 0.0923. The molecule has 0 bridgehead atoms. The molecule has 4 aliphatic heterocycles. The maximum Gasteiger partial charge on any atom is 0.187 e. The summed E-state index contributed by atoms with van der Waals surface area (Å²) < 4.78 is 53.2. The molecule has 326 valence electrons. The molecule has 6 aliphatic rings. The van der Waals surface area contributed by atoms with E-state index < -0.39 is 166 Å². The number of hydrogen-bond donors (Lipinski definition) is 12. The van der Waals surface area contributed by atoms with Gasteiger partial charge in [0.15, 0.2) is 18.9 Å². The molecule has 23 atom stereocenters. The molecular formula is C35H60O21. The maximum atomic E-state index is 11.2. The number of aliphatic hydroxyl groups is 12. The highest BCUT2D eigenvalue weighted by Crippen LogP contribution is 2.45. The predicted octanol–water partition coefficient (Wildman–Crippen LogP) is -6.06. The second-order valence-corrected chi connectivity index (χ2v) is 16.0. The number of ether oxygens (including phenoxy) is 9. The van der Waals surface area contributed by atoms with Crippen molar-refractivity contribution in [3.05, 3.63) is 0 Å². The minimum atomic E-state index is -1.81. The molecule has 0 spiro atoms. The van der Waals surface area contributed by atoms with Crippen LogP contribution in [0.25, 0.3) is 0 Å². The monoisotopic (exact) mass is 816 g/mol. The first-order valence-electron chi connectivity index (χ1n) is 19.3. The molecule has 8 unspecified atom stereocenters. The Hall–Kier alpha value is -0.840. The Morgan fingerprint density at radius 2 is 1.04 bits per heavy atom. The number of hydrogen-bond acceptors (Lipinski definition) is 21. The number of rotatable bonds is 11. The molecule has 0 aromatic carbocycles. The fraction of sp³-hybridized carbons (Fsp3) is 1.00. The summed E-state index contributed by atoms with van der Waals surface area (Å²) in [5, 5.41) is 127. The van der Waals surface area contributed by atoms with Gasteiger partial charge in [0.05, 0.1) is 62.0 Å². The third-order valence-corrected chi connectivity index (χ3v) is 12.4. The molecule has 6 fully saturated rings. The molecule has 0 aromatic heterocycles. The van der Waals surface area contributed by atoms with Gasteiger partial charge >= 0.3 is 0 Å².